The Morgan fingerprint density at radius 1 is 1.32 bits per heavy atom. The molecule has 0 aliphatic carbocycles. The molecule has 0 unspecified atom stereocenters. The van der Waals surface area contributed by atoms with E-state index in [9.17, 15) is 9.59 Å². The average Bonchev–Trinajstić information content (AvgIpc) is 2.62. The van der Waals surface area contributed by atoms with Crippen LogP contribution in [0.4, 0.5) is 0 Å². The summed E-state index contributed by atoms with van der Waals surface area (Å²) < 4.78 is 6.00. The van der Waals surface area contributed by atoms with Crippen molar-refractivity contribution < 1.29 is 14.3 Å². The number of nitrogens with one attached hydrogen (secondary N) is 2. The number of methoxy groups -OCH3 is 1. The van der Waals surface area contributed by atoms with Crippen molar-refractivity contribution in [2.75, 3.05) is 13.7 Å². The number of amides is 2. The summed E-state index contributed by atoms with van der Waals surface area (Å²) in [6.07, 6.45) is 3.53. The zero-order valence-corrected chi connectivity index (χ0v) is 16.4. The van der Waals surface area contributed by atoms with Crippen LogP contribution in [0.25, 0.3) is 0 Å². The Morgan fingerprint density at radius 2 is 2.12 bits per heavy atom. The van der Waals surface area contributed by atoms with Gasteiger partial charge in [0, 0.05) is 35.5 Å². The van der Waals surface area contributed by atoms with Gasteiger partial charge in [0.15, 0.2) is 0 Å². The fourth-order valence-electron chi connectivity index (χ4n) is 2.05. The highest BCUT2D eigenvalue weighted by Gasteiger charge is 2.15. The van der Waals surface area contributed by atoms with Crippen molar-refractivity contribution in [2.45, 2.75) is 13.0 Å². The quantitative estimate of drug-likeness (QED) is 0.606. The predicted molar refractivity (Wildman–Crippen MR) is 104 cm³/mol. The third-order valence-electron chi connectivity index (χ3n) is 3.34. The molecule has 25 heavy (non-hydrogen) atoms. The zero-order valence-electron chi connectivity index (χ0n) is 13.5. The molecule has 1 aromatic carbocycles. The van der Waals surface area contributed by atoms with E-state index in [1.807, 2.05) is 6.07 Å². The van der Waals surface area contributed by atoms with E-state index in [2.05, 4.69) is 38.2 Å². The molecule has 0 fully saturated rings. The number of carbonyl (C=O) groups is 2. The van der Waals surface area contributed by atoms with Gasteiger partial charge >= 0.3 is 0 Å². The van der Waals surface area contributed by atoms with E-state index >= 15 is 0 Å². The first-order chi connectivity index (χ1) is 12.0. The lowest BCUT2D eigenvalue weighted by Gasteiger charge is -2.11. The summed E-state index contributed by atoms with van der Waals surface area (Å²) >= 11 is 8.12. The van der Waals surface area contributed by atoms with E-state index in [0.717, 1.165) is 9.13 Å². The number of carbonyl (C=O) groups excluding carboxylic acids is 2. The molecule has 2 amide bonds. The Kier molecular flexibility index (Phi) is 7.45. The summed E-state index contributed by atoms with van der Waals surface area (Å²) in [7, 11) is 1.49. The number of aromatic nitrogens is 1. The number of hydrogen-bond acceptors (Lipinski definition) is 4. The molecule has 6 nitrogen and oxygen atoms in total. The number of ether oxygens (including phenoxy) is 1. The zero-order chi connectivity index (χ0) is 18.2. The molecule has 132 valence electrons. The molecule has 2 aromatic rings. The smallest absolute Gasteiger partial charge is 0.255 e. The van der Waals surface area contributed by atoms with Crippen LogP contribution in [0, 0.1) is 3.57 Å². The molecule has 0 aliphatic rings. The minimum absolute atomic E-state index is 0.156. The van der Waals surface area contributed by atoms with Gasteiger partial charge in [-0.2, -0.15) is 0 Å². The van der Waals surface area contributed by atoms with Gasteiger partial charge in [-0.05, 0) is 46.4 Å². The van der Waals surface area contributed by atoms with Crippen molar-refractivity contribution in [3.63, 3.8) is 0 Å². The maximum absolute atomic E-state index is 12.3. The number of halogens is 2. The molecule has 1 aromatic heterocycles. The predicted octanol–water partition coefficient (Wildman–Crippen LogP) is 2.78. The Balaban J connectivity index is 1.82. The van der Waals surface area contributed by atoms with Crippen LogP contribution in [-0.4, -0.2) is 30.5 Å². The summed E-state index contributed by atoms with van der Waals surface area (Å²) in [5, 5.41) is 5.94. The second-order valence-electron chi connectivity index (χ2n) is 5.11. The van der Waals surface area contributed by atoms with Gasteiger partial charge in [-0.1, -0.05) is 17.7 Å². The Bertz CT molecular complexity index is 756. The van der Waals surface area contributed by atoms with Crippen molar-refractivity contribution >= 4 is 46.0 Å². The highest BCUT2D eigenvalue weighted by molar-refractivity contribution is 14.1. The first-order valence-corrected chi connectivity index (χ1v) is 8.93. The average molecular weight is 474 g/mol. The highest BCUT2D eigenvalue weighted by atomic mass is 127. The van der Waals surface area contributed by atoms with E-state index in [0.29, 0.717) is 22.9 Å². The molecular formula is C17H17ClIN3O3. The second kappa shape index (κ2) is 9.57. The molecule has 0 bridgehead atoms. The maximum Gasteiger partial charge on any atom is 0.255 e. The maximum atomic E-state index is 12.3. The molecule has 0 radical (unpaired) electrons. The van der Waals surface area contributed by atoms with Gasteiger partial charge in [-0.3, -0.25) is 14.6 Å². The molecule has 0 atom stereocenters. The van der Waals surface area contributed by atoms with Crippen LogP contribution < -0.4 is 15.4 Å². The van der Waals surface area contributed by atoms with E-state index < -0.39 is 0 Å². The number of hydrogen-bond donors (Lipinski definition) is 2. The Morgan fingerprint density at radius 3 is 2.80 bits per heavy atom. The monoisotopic (exact) mass is 473 g/mol. The molecule has 0 aliphatic heterocycles. The van der Waals surface area contributed by atoms with Crippen molar-refractivity contribution in [3.8, 4) is 5.75 Å². The van der Waals surface area contributed by atoms with Crippen LogP contribution in [0.5, 0.6) is 5.75 Å². The third-order valence-corrected chi connectivity index (χ3v) is 4.86. The van der Waals surface area contributed by atoms with Crippen LogP contribution in [0.15, 0.2) is 36.7 Å². The molecule has 8 heteroatoms. The Hall–Kier alpha value is -1.87. The standard InChI is InChI=1S/C17H17ClIN3O3/c1-25-15-8-14(19)13(18)7-12(15)17(24)21-6-4-16(23)22-10-11-3-2-5-20-9-11/h2-3,5,7-9H,4,6,10H2,1H3,(H,21,24)(H,22,23). The summed E-state index contributed by atoms with van der Waals surface area (Å²) in [5.41, 5.74) is 1.25. The van der Waals surface area contributed by atoms with E-state index in [-0.39, 0.29) is 24.8 Å². The minimum Gasteiger partial charge on any atom is -0.496 e. The number of nitrogens with zero attached hydrogens (tertiary/aromatic N) is 1. The second-order valence-corrected chi connectivity index (χ2v) is 6.68. The van der Waals surface area contributed by atoms with Crippen LogP contribution in [-0.2, 0) is 11.3 Å². The molecular weight excluding hydrogens is 457 g/mol. The third kappa shape index (κ3) is 5.86. The summed E-state index contributed by atoms with van der Waals surface area (Å²) in [6.45, 7) is 0.617. The first kappa shape index (κ1) is 19.5. The number of pyridine rings is 1. The normalized spacial score (nSPS) is 10.2. The van der Waals surface area contributed by atoms with Crippen molar-refractivity contribution in [1.29, 1.82) is 0 Å². The van der Waals surface area contributed by atoms with Crippen molar-refractivity contribution in [2.24, 2.45) is 0 Å². The largest absolute Gasteiger partial charge is 0.496 e. The van der Waals surface area contributed by atoms with Gasteiger partial charge in [-0.15, -0.1) is 0 Å². The lowest BCUT2D eigenvalue weighted by atomic mass is 10.2. The fraction of sp³-hybridized carbons (Fsp3) is 0.235. The highest BCUT2D eigenvalue weighted by Crippen LogP contribution is 2.28. The van der Waals surface area contributed by atoms with Gasteiger partial charge in [-0.25, -0.2) is 0 Å². The first-order valence-electron chi connectivity index (χ1n) is 7.48. The van der Waals surface area contributed by atoms with Gasteiger partial charge in [0.25, 0.3) is 5.91 Å². The van der Waals surface area contributed by atoms with Crippen LogP contribution in [0.2, 0.25) is 5.02 Å². The number of benzene rings is 1. The van der Waals surface area contributed by atoms with Gasteiger partial charge in [0.05, 0.1) is 17.7 Å². The SMILES string of the molecule is COc1cc(I)c(Cl)cc1C(=O)NCCC(=O)NCc1cccnc1. The van der Waals surface area contributed by atoms with Gasteiger partial charge in [0.2, 0.25) is 5.91 Å². The topological polar surface area (TPSA) is 80.3 Å². The molecule has 2 rings (SSSR count). The molecule has 0 saturated heterocycles. The number of rotatable bonds is 7. The van der Waals surface area contributed by atoms with Crippen LogP contribution in [0.3, 0.4) is 0 Å². The summed E-state index contributed by atoms with van der Waals surface area (Å²) in [6, 6.07) is 6.93. The molecule has 0 spiro atoms. The minimum atomic E-state index is -0.338. The lowest BCUT2D eigenvalue weighted by molar-refractivity contribution is -0.121. The summed E-state index contributed by atoms with van der Waals surface area (Å²) in [4.78, 5) is 28.1. The van der Waals surface area contributed by atoms with Crippen molar-refractivity contribution in [1.82, 2.24) is 15.6 Å². The van der Waals surface area contributed by atoms with Gasteiger partial charge < -0.3 is 15.4 Å². The summed E-state index contributed by atoms with van der Waals surface area (Å²) in [5.74, 6) is -0.0562. The van der Waals surface area contributed by atoms with Crippen LogP contribution in [0.1, 0.15) is 22.3 Å². The Labute approximate surface area is 164 Å². The molecule has 1 heterocycles. The van der Waals surface area contributed by atoms with E-state index in [1.165, 1.54) is 7.11 Å². The van der Waals surface area contributed by atoms with E-state index in [4.69, 9.17) is 16.3 Å². The van der Waals surface area contributed by atoms with Crippen LogP contribution >= 0.6 is 34.2 Å². The fourth-order valence-corrected chi connectivity index (χ4v) is 2.65. The lowest BCUT2D eigenvalue weighted by Crippen LogP contribution is -2.30. The van der Waals surface area contributed by atoms with E-state index in [1.54, 1.807) is 30.6 Å². The molecule has 0 saturated carbocycles. The van der Waals surface area contributed by atoms with Gasteiger partial charge in [0.1, 0.15) is 5.75 Å². The molecule has 2 N–H and O–H groups in total. The van der Waals surface area contributed by atoms with Crippen molar-refractivity contribution in [3.05, 3.63) is 56.4 Å².